The van der Waals surface area contributed by atoms with E-state index >= 15 is 0 Å². The van der Waals surface area contributed by atoms with Gasteiger partial charge in [0.15, 0.2) is 0 Å². The van der Waals surface area contributed by atoms with Gasteiger partial charge in [0, 0.05) is 41.0 Å². The molecule has 4 aromatic rings. The van der Waals surface area contributed by atoms with Crippen molar-refractivity contribution in [2.24, 2.45) is 0 Å². The molecule has 0 aliphatic carbocycles. The fourth-order valence-corrected chi connectivity index (χ4v) is 6.03. The van der Waals surface area contributed by atoms with Crippen molar-refractivity contribution in [2.75, 3.05) is 20.2 Å². The zero-order valence-corrected chi connectivity index (χ0v) is 22.0. The van der Waals surface area contributed by atoms with E-state index in [1.165, 1.54) is 53.7 Å². The van der Waals surface area contributed by atoms with Crippen molar-refractivity contribution in [3.8, 4) is 5.75 Å². The van der Waals surface area contributed by atoms with E-state index in [0.717, 1.165) is 4.88 Å². The Kier molecular flexibility index (Phi) is 8.59. The molecule has 2 heterocycles. The fourth-order valence-electron chi connectivity index (χ4n) is 4.20. The van der Waals surface area contributed by atoms with Crippen LogP contribution in [0.3, 0.4) is 0 Å². The number of carboxylic acids is 1. The van der Waals surface area contributed by atoms with Crippen LogP contribution in [0.25, 0.3) is 10.9 Å². The topological polar surface area (TPSA) is 149 Å². The van der Waals surface area contributed by atoms with E-state index in [1.807, 2.05) is 17.5 Å². The summed E-state index contributed by atoms with van der Waals surface area (Å²) in [4.78, 5) is 28.1. The monoisotopic (exact) mass is 557 g/mol. The second kappa shape index (κ2) is 11.9. The number of aromatic nitrogens is 1. The number of aromatic amines is 1. The summed E-state index contributed by atoms with van der Waals surface area (Å²) in [5.74, 6) is -1.58. The van der Waals surface area contributed by atoms with Gasteiger partial charge in [-0.3, -0.25) is 14.5 Å². The molecule has 200 valence electrons. The Balaban J connectivity index is 1.66. The maximum atomic E-state index is 13.3. The minimum absolute atomic E-state index is 0.0220. The van der Waals surface area contributed by atoms with E-state index in [9.17, 15) is 28.2 Å². The van der Waals surface area contributed by atoms with Gasteiger partial charge in [-0.15, -0.1) is 11.3 Å². The third kappa shape index (κ3) is 6.47. The van der Waals surface area contributed by atoms with E-state index in [1.54, 1.807) is 24.3 Å². The van der Waals surface area contributed by atoms with Crippen LogP contribution in [-0.2, 0) is 21.4 Å². The zero-order chi connectivity index (χ0) is 27.3. The average Bonchev–Trinajstić information content (AvgIpc) is 3.41. The summed E-state index contributed by atoms with van der Waals surface area (Å²) in [7, 11) is -2.58. The number of thiophene rings is 1. The lowest BCUT2D eigenvalue weighted by atomic mass is 9.95. The van der Waals surface area contributed by atoms with Crippen LogP contribution in [0, 0.1) is 0 Å². The molecule has 0 aliphatic heterocycles. The first-order chi connectivity index (χ1) is 18.2. The van der Waals surface area contributed by atoms with Crippen LogP contribution in [0.15, 0.2) is 81.8 Å². The summed E-state index contributed by atoms with van der Waals surface area (Å²) in [6, 6.07) is 17.7. The van der Waals surface area contributed by atoms with Crippen LogP contribution in [0.5, 0.6) is 5.75 Å². The van der Waals surface area contributed by atoms with Gasteiger partial charge in [0.2, 0.25) is 15.6 Å². The number of hydrogen-bond donors (Lipinski definition) is 4. The number of aliphatic hydroxyl groups excluding tert-OH is 1. The standard InChI is InChI=1S/C26H27N3O7S2/c1-36-23-7-3-2-6-20(23)21(26(33)29(16-25(31)32)15-18-5-4-12-37-18)14-27-38(34,35)19-9-10-22-17(13-19)8-11-24(30)28-22/h2-13,21,26-27,33H,14-16H2,1H3,(H,28,30)(H,31,32)/t21-,26?/m1/s1. The van der Waals surface area contributed by atoms with Crippen LogP contribution in [-0.4, -0.2) is 60.9 Å². The summed E-state index contributed by atoms with van der Waals surface area (Å²) in [6.07, 6.45) is -1.37. The first kappa shape index (κ1) is 27.5. The molecule has 0 saturated carbocycles. The van der Waals surface area contributed by atoms with Gasteiger partial charge >= 0.3 is 5.97 Å². The Bertz CT molecular complexity index is 1570. The van der Waals surface area contributed by atoms with Gasteiger partial charge < -0.3 is 19.9 Å². The maximum Gasteiger partial charge on any atom is 0.317 e. The Morgan fingerprint density at radius 1 is 1.13 bits per heavy atom. The molecule has 2 aromatic carbocycles. The second-order valence-electron chi connectivity index (χ2n) is 8.56. The van der Waals surface area contributed by atoms with Gasteiger partial charge in [0.25, 0.3) is 0 Å². The summed E-state index contributed by atoms with van der Waals surface area (Å²) in [5.41, 5.74) is 0.716. The molecular formula is C26H27N3O7S2. The number of rotatable bonds is 12. The second-order valence-corrected chi connectivity index (χ2v) is 11.4. The van der Waals surface area contributed by atoms with E-state index in [2.05, 4.69) is 9.71 Å². The van der Waals surface area contributed by atoms with Crippen molar-refractivity contribution in [2.45, 2.75) is 23.6 Å². The highest BCUT2D eigenvalue weighted by atomic mass is 32.2. The van der Waals surface area contributed by atoms with Crippen molar-refractivity contribution in [3.63, 3.8) is 0 Å². The molecule has 2 aromatic heterocycles. The summed E-state index contributed by atoms with van der Waals surface area (Å²) >= 11 is 1.42. The quantitative estimate of drug-likeness (QED) is 0.194. The number of ether oxygens (including phenoxy) is 1. The van der Waals surface area contributed by atoms with Gasteiger partial charge in [0.1, 0.15) is 12.0 Å². The minimum Gasteiger partial charge on any atom is -0.496 e. The Hall–Kier alpha value is -3.55. The number of sulfonamides is 1. The lowest BCUT2D eigenvalue weighted by Crippen LogP contribution is -2.45. The van der Waals surface area contributed by atoms with E-state index in [4.69, 9.17) is 4.74 Å². The Labute approximate surface area is 223 Å². The van der Waals surface area contributed by atoms with Crippen LogP contribution in [0.1, 0.15) is 16.4 Å². The number of aliphatic carboxylic acids is 1. The fraction of sp³-hybridized carbons (Fsp3) is 0.231. The molecule has 0 saturated heterocycles. The summed E-state index contributed by atoms with van der Waals surface area (Å²) < 4.78 is 34.5. The predicted octanol–water partition coefficient (Wildman–Crippen LogP) is 2.57. The van der Waals surface area contributed by atoms with Crippen molar-refractivity contribution in [1.29, 1.82) is 0 Å². The van der Waals surface area contributed by atoms with Crippen molar-refractivity contribution in [1.82, 2.24) is 14.6 Å². The molecule has 0 fully saturated rings. The highest BCUT2D eigenvalue weighted by Crippen LogP contribution is 2.31. The number of benzene rings is 2. The van der Waals surface area contributed by atoms with Crippen molar-refractivity contribution >= 4 is 38.2 Å². The Morgan fingerprint density at radius 2 is 1.92 bits per heavy atom. The molecule has 0 spiro atoms. The normalized spacial score (nSPS) is 13.4. The van der Waals surface area contributed by atoms with E-state index < -0.39 is 34.7 Å². The molecule has 38 heavy (non-hydrogen) atoms. The average molecular weight is 558 g/mol. The molecule has 4 N–H and O–H groups in total. The van der Waals surface area contributed by atoms with Gasteiger partial charge in [-0.1, -0.05) is 24.3 Å². The Morgan fingerprint density at radius 3 is 2.63 bits per heavy atom. The number of methoxy groups -OCH3 is 1. The number of para-hydroxylation sites is 1. The number of nitrogens with one attached hydrogen (secondary N) is 2. The number of carboxylic acid groups (broad SMARTS) is 1. The molecule has 0 bridgehead atoms. The predicted molar refractivity (Wildman–Crippen MR) is 144 cm³/mol. The van der Waals surface area contributed by atoms with Crippen molar-refractivity contribution < 1.29 is 28.2 Å². The number of H-pyrrole nitrogens is 1. The number of pyridine rings is 1. The van der Waals surface area contributed by atoms with Crippen LogP contribution < -0.4 is 15.0 Å². The highest BCUT2D eigenvalue weighted by molar-refractivity contribution is 7.89. The third-order valence-electron chi connectivity index (χ3n) is 6.05. The van der Waals surface area contributed by atoms with E-state index in [0.29, 0.717) is 22.2 Å². The largest absolute Gasteiger partial charge is 0.496 e. The molecule has 12 heteroatoms. The lowest BCUT2D eigenvalue weighted by Gasteiger charge is -2.33. The highest BCUT2D eigenvalue weighted by Gasteiger charge is 2.32. The lowest BCUT2D eigenvalue weighted by molar-refractivity contribution is -0.142. The van der Waals surface area contributed by atoms with Crippen LogP contribution >= 0.6 is 11.3 Å². The molecule has 0 radical (unpaired) electrons. The maximum absolute atomic E-state index is 13.3. The van der Waals surface area contributed by atoms with Crippen molar-refractivity contribution in [3.05, 3.63) is 92.9 Å². The summed E-state index contributed by atoms with van der Waals surface area (Å²) in [6.45, 7) is -0.541. The molecular weight excluding hydrogens is 530 g/mol. The number of fused-ring (bicyclic) bond motifs is 1. The molecule has 10 nitrogen and oxygen atoms in total. The van der Waals surface area contributed by atoms with Gasteiger partial charge in [-0.05, 0) is 47.2 Å². The molecule has 0 amide bonds. The third-order valence-corrected chi connectivity index (χ3v) is 8.33. The minimum atomic E-state index is -4.04. The number of hydrogen-bond acceptors (Lipinski definition) is 8. The first-order valence-electron chi connectivity index (χ1n) is 11.6. The van der Waals surface area contributed by atoms with Crippen LogP contribution in [0.4, 0.5) is 0 Å². The SMILES string of the molecule is COc1ccccc1[C@@H](CNS(=O)(=O)c1ccc2[nH]c(=O)ccc2c1)C(O)N(CC(=O)O)Cc1cccs1. The first-order valence-corrected chi connectivity index (χ1v) is 14.0. The van der Waals surface area contributed by atoms with E-state index in [-0.39, 0.29) is 23.5 Å². The molecule has 0 aliphatic rings. The number of carbonyl (C=O) groups is 1. The van der Waals surface area contributed by atoms with Gasteiger partial charge in [0.05, 0.1) is 18.6 Å². The van der Waals surface area contributed by atoms with Gasteiger partial charge in [-0.25, -0.2) is 13.1 Å². The van der Waals surface area contributed by atoms with Crippen LogP contribution in [0.2, 0.25) is 0 Å². The molecule has 2 atom stereocenters. The smallest absolute Gasteiger partial charge is 0.317 e. The number of nitrogens with zero attached hydrogens (tertiary/aromatic N) is 1. The van der Waals surface area contributed by atoms with Gasteiger partial charge in [-0.2, -0.15) is 0 Å². The molecule has 4 rings (SSSR count). The number of aliphatic hydroxyl groups is 1. The molecule has 1 unspecified atom stereocenters. The summed E-state index contributed by atoms with van der Waals surface area (Å²) in [5, 5.41) is 23.4. The zero-order valence-electron chi connectivity index (χ0n) is 20.4.